The summed E-state index contributed by atoms with van der Waals surface area (Å²) < 4.78 is 15.6. The molecule has 0 aliphatic carbocycles. The second kappa shape index (κ2) is 11.5. The highest BCUT2D eigenvalue weighted by atomic mass is 35.5. The molecule has 0 aromatic carbocycles. The quantitative estimate of drug-likeness (QED) is 0.408. The third kappa shape index (κ3) is 8.22. The lowest BCUT2D eigenvalue weighted by Crippen LogP contribution is -2.26. The minimum atomic E-state index is 0.0139. The molecule has 0 unspecified atom stereocenters. The first-order chi connectivity index (χ1) is 8.24. The lowest BCUT2D eigenvalue weighted by atomic mass is 9.86. The average Bonchev–Trinajstić information content (AvgIpc) is 2.38. The van der Waals surface area contributed by atoms with Crippen molar-refractivity contribution in [1.29, 1.82) is 0 Å². The molecule has 0 aromatic rings. The van der Waals surface area contributed by atoms with Crippen LogP contribution in [0.5, 0.6) is 0 Å². The molecule has 0 fully saturated rings. The van der Waals surface area contributed by atoms with E-state index in [1.54, 1.807) is 7.11 Å². The third-order valence-corrected chi connectivity index (χ3v) is 4.03. The van der Waals surface area contributed by atoms with Crippen molar-refractivity contribution in [3.05, 3.63) is 0 Å². The van der Waals surface area contributed by atoms with Crippen LogP contribution >= 0.6 is 23.2 Å². The third-order valence-electron chi connectivity index (χ3n) is 2.90. The molecule has 0 spiro atoms. The molecular weight excluding hydrogens is 263 g/mol. The molecule has 0 amide bonds. The van der Waals surface area contributed by atoms with Crippen LogP contribution in [0.1, 0.15) is 19.8 Å². The van der Waals surface area contributed by atoms with E-state index in [-0.39, 0.29) is 5.41 Å². The molecule has 0 rings (SSSR count). The monoisotopic (exact) mass is 286 g/mol. The first kappa shape index (κ1) is 17.5. The maximum atomic E-state index is 5.94. The van der Waals surface area contributed by atoms with Gasteiger partial charge in [0.15, 0.2) is 0 Å². The fraction of sp³-hybridized carbons (Fsp3) is 1.00. The lowest BCUT2D eigenvalue weighted by Gasteiger charge is -2.27. The van der Waals surface area contributed by atoms with E-state index in [9.17, 15) is 0 Å². The van der Waals surface area contributed by atoms with E-state index in [2.05, 4.69) is 6.92 Å². The number of ether oxygens (including phenoxy) is 3. The molecule has 3 nitrogen and oxygen atoms in total. The Kier molecular flexibility index (Phi) is 11.9. The standard InChI is InChI=1S/C12H24Cl2O3/c1-3-12(10-13,11-14)4-5-16-8-9-17-7-6-15-2/h3-11H2,1-2H3. The number of hydrogen-bond donors (Lipinski definition) is 0. The van der Waals surface area contributed by atoms with Gasteiger partial charge in [-0.15, -0.1) is 23.2 Å². The fourth-order valence-corrected chi connectivity index (χ4v) is 2.22. The van der Waals surface area contributed by atoms with Crippen molar-refractivity contribution < 1.29 is 14.2 Å². The normalized spacial score (nSPS) is 12.0. The Hall–Kier alpha value is 0.460. The molecule has 5 heteroatoms. The molecule has 0 heterocycles. The summed E-state index contributed by atoms with van der Waals surface area (Å²) in [4.78, 5) is 0. The highest BCUT2D eigenvalue weighted by molar-refractivity contribution is 6.21. The predicted molar refractivity (Wildman–Crippen MR) is 72.3 cm³/mol. The van der Waals surface area contributed by atoms with Gasteiger partial charge < -0.3 is 14.2 Å². The van der Waals surface area contributed by atoms with Crippen molar-refractivity contribution in [2.45, 2.75) is 19.8 Å². The van der Waals surface area contributed by atoms with Gasteiger partial charge in [-0.05, 0) is 18.3 Å². The Balaban J connectivity index is 3.43. The van der Waals surface area contributed by atoms with Crippen molar-refractivity contribution in [2.75, 3.05) is 51.9 Å². The summed E-state index contributed by atoms with van der Waals surface area (Å²) in [5, 5.41) is 0. The van der Waals surface area contributed by atoms with Crippen molar-refractivity contribution in [3.63, 3.8) is 0 Å². The molecule has 0 bridgehead atoms. The van der Waals surface area contributed by atoms with Crippen LogP contribution in [0.25, 0.3) is 0 Å². The second-order valence-electron chi connectivity index (χ2n) is 4.09. The van der Waals surface area contributed by atoms with Crippen LogP contribution in [0.2, 0.25) is 0 Å². The van der Waals surface area contributed by atoms with Gasteiger partial charge in [0.05, 0.1) is 26.4 Å². The average molecular weight is 287 g/mol. The Morgan fingerprint density at radius 1 is 0.882 bits per heavy atom. The highest BCUT2D eigenvalue weighted by Crippen LogP contribution is 2.29. The van der Waals surface area contributed by atoms with E-state index in [1.807, 2.05) is 0 Å². The first-order valence-electron chi connectivity index (χ1n) is 6.01. The van der Waals surface area contributed by atoms with Crippen molar-refractivity contribution in [2.24, 2.45) is 5.41 Å². The fourth-order valence-electron chi connectivity index (χ4n) is 1.29. The van der Waals surface area contributed by atoms with Gasteiger partial charge in [0.2, 0.25) is 0 Å². The van der Waals surface area contributed by atoms with Crippen LogP contribution < -0.4 is 0 Å². The maximum Gasteiger partial charge on any atom is 0.0701 e. The molecule has 0 N–H and O–H groups in total. The van der Waals surface area contributed by atoms with Crippen molar-refractivity contribution >= 4 is 23.2 Å². The summed E-state index contributed by atoms with van der Waals surface area (Å²) in [6, 6.07) is 0. The number of hydrogen-bond acceptors (Lipinski definition) is 3. The van der Waals surface area contributed by atoms with E-state index >= 15 is 0 Å². The minimum absolute atomic E-state index is 0.0139. The van der Waals surface area contributed by atoms with Crippen LogP contribution in [-0.2, 0) is 14.2 Å². The van der Waals surface area contributed by atoms with Crippen LogP contribution in [0.3, 0.4) is 0 Å². The molecule has 0 aliphatic heterocycles. The summed E-state index contributed by atoms with van der Waals surface area (Å²) in [7, 11) is 1.66. The molecule has 104 valence electrons. The zero-order valence-corrected chi connectivity index (χ0v) is 12.4. The van der Waals surface area contributed by atoms with Crippen molar-refractivity contribution in [3.8, 4) is 0 Å². The molecule has 0 saturated heterocycles. The molecule has 0 atom stereocenters. The van der Waals surface area contributed by atoms with Gasteiger partial charge >= 0.3 is 0 Å². The van der Waals surface area contributed by atoms with E-state index in [1.165, 1.54) is 0 Å². The predicted octanol–water partition coefficient (Wildman–Crippen LogP) is 2.93. The lowest BCUT2D eigenvalue weighted by molar-refractivity contribution is 0.0186. The van der Waals surface area contributed by atoms with Gasteiger partial charge in [0.25, 0.3) is 0 Å². The Bertz CT molecular complexity index is 156. The topological polar surface area (TPSA) is 27.7 Å². The largest absolute Gasteiger partial charge is 0.382 e. The molecule has 0 saturated carbocycles. The molecule has 17 heavy (non-hydrogen) atoms. The zero-order chi connectivity index (χ0) is 13.0. The summed E-state index contributed by atoms with van der Waals surface area (Å²) in [5.74, 6) is 1.17. The molecule has 0 aromatic heterocycles. The molecule has 0 aliphatic rings. The Morgan fingerprint density at radius 2 is 1.41 bits per heavy atom. The van der Waals surface area contributed by atoms with Crippen LogP contribution in [0.4, 0.5) is 0 Å². The second-order valence-corrected chi connectivity index (χ2v) is 4.62. The van der Waals surface area contributed by atoms with E-state index in [0.717, 1.165) is 12.8 Å². The summed E-state index contributed by atoms with van der Waals surface area (Å²) in [6.45, 7) is 5.23. The van der Waals surface area contributed by atoms with Gasteiger partial charge in [0, 0.05) is 25.5 Å². The smallest absolute Gasteiger partial charge is 0.0701 e. The zero-order valence-electron chi connectivity index (χ0n) is 10.8. The minimum Gasteiger partial charge on any atom is -0.382 e. The first-order valence-corrected chi connectivity index (χ1v) is 7.08. The van der Waals surface area contributed by atoms with E-state index in [4.69, 9.17) is 37.4 Å². The Labute approximate surface area is 115 Å². The summed E-state index contributed by atoms with van der Waals surface area (Å²) in [5.41, 5.74) is 0.0139. The van der Waals surface area contributed by atoms with Crippen LogP contribution in [0, 0.1) is 5.41 Å². The number of rotatable bonds is 12. The van der Waals surface area contributed by atoms with Gasteiger partial charge in [-0.1, -0.05) is 6.92 Å². The highest BCUT2D eigenvalue weighted by Gasteiger charge is 2.25. The van der Waals surface area contributed by atoms with Crippen LogP contribution in [-0.4, -0.2) is 51.9 Å². The van der Waals surface area contributed by atoms with Gasteiger partial charge in [-0.3, -0.25) is 0 Å². The number of alkyl halides is 2. The van der Waals surface area contributed by atoms with Crippen molar-refractivity contribution in [1.82, 2.24) is 0 Å². The van der Waals surface area contributed by atoms with Gasteiger partial charge in [0.1, 0.15) is 0 Å². The van der Waals surface area contributed by atoms with E-state index in [0.29, 0.717) is 44.8 Å². The number of halogens is 2. The van der Waals surface area contributed by atoms with E-state index < -0.39 is 0 Å². The molecule has 0 radical (unpaired) electrons. The Morgan fingerprint density at radius 3 is 1.88 bits per heavy atom. The maximum absolute atomic E-state index is 5.94. The van der Waals surface area contributed by atoms with Gasteiger partial charge in [-0.25, -0.2) is 0 Å². The van der Waals surface area contributed by atoms with Crippen LogP contribution in [0.15, 0.2) is 0 Å². The summed E-state index contributed by atoms with van der Waals surface area (Å²) >= 11 is 11.9. The number of methoxy groups -OCH3 is 1. The summed E-state index contributed by atoms with van der Waals surface area (Å²) in [6.07, 6.45) is 1.88. The molecular formula is C12H24Cl2O3. The van der Waals surface area contributed by atoms with Gasteiger partial charge in [-0.2, -0.15) is 0 Å². The SMILES string of the molecule is CCC(CCl)(CCl)CCOCCOCCOC.